The van der Waals surface area contributed by atoms with Crippen LogP contribution in [0.15, 0.2) is 0 Å². The monoisotopic (exact) mass is 229 g/mol. The second kappa shape index (κ2) is 8.97. The van der Waals surface area contributed by atoms with Crippen LogP contribution in [-0.4, -0.2) is 39.5 Å². The van der Waals surface area contributed by atoms with Gasteiger partial charge in [-0.05, 0) is 31.7 Å². The van der Waals surface area contributed by atoms with E-state index in [1.54, 1.807) is 7.11 Å². The van der Waals surface area contributed by atoms with Crippen LogP contribution in [0.3, 0.4) is 0 Å². The second-order valence-electron chi connectivity index (χ2n) is 4.77. The van der Waals surface area contributed by atoms with Crippen molar-refractivity contribution in [3.63, 3.8) is 0 Å². The quantitative estimate of drug-likeness (QED) is 0.647. The molecule has 96 valence electrons. The highest BCUT2D eigenvalue weighted by molar-refractivity contribution is 4.72. The molecule has 3 heteroatoms. The molecule has 0 spiro atoms. The van der Waals surface area contributed by atoms with Crippen LogP contribution in [0.4, 0.5) is 0 Å². The van der Waals surface area contributed by atoms with E-state index >= 15 is 0 Å². The average Bonchev–Trinajstić information content (AvgIpc) is 2.30. The smallest absolute Gasteiger partial charge is 0.0601 e. The highest BCUT2D eigenvalue weighted by Gasteiger charge is 2.21. The summed E-state index contributed by atoms with van der Waals surface area (Å²) < 4.78 is 10.9. The molecule has 1 fully saturated rings. The molecule has 0 amide bonds. The summed E-state index contributed by atoms with van der Waals surface area (Å²) in [6, 6.07) is 0. The molecule has 1 N–H and O–H groups in total. The maximum Gasteiger partial charge on any atom is 0.0601 e. The molecule has 0 aliphatic heterocycles. The highest BCUT2D eigenvalue weighted by atomic mass is 16.5. The summed E-state index contributed by atoms with van der Waals surface area (Å²) in [6.07, 6.45) is 6.91. The summed E-state index contributed by atoms with van der Waals surface area (Å²) in [6.45, 7) is 6.00. The molecule has 0 heterocycles. The van der Waals surface area contributed by atoms with Gasteiger partial charge >= 0.3 is 0 Å². The van der Waals surface area contributed by atoms with E-state index in [1.165, 1.54) is 25.7 Å². The van der Waals surface area contributed by atoms with Crippen molar-refractivity contribution in [2.75, 3.05) is 33.4 Å². The molecule has 3 nitrogen and oxygen atoms in total. The lowest BCUT2D eigenvalue weighted by Crippen LogP contribution is -2.29. The van der Waals surface area contributed by atoms with E-state index in [0.717, 1.165) is 38.6 Å². The summed E-state index contributed by atoms with van der Waals surface area (Å²) in [5.74, 6) is 0.752. The van der Waals surface area contributed by atoms with Crippen molar-refractivity contribution in [2.45, 2.75) is 45.1 Å². The van der Waals surface area contributed by atoms with Crippen molar-refractivity contribution >= 4 is 0 Å². The Bertz CT molecular complexity index is 164. The number of hydrogen-bond acceptors (Lipinski definition) is 3. The first kappa shape index (κ1) is 13.9. The molecule has 1 aliphatic rings. The predicted octanol–water partition coefficient (Wildman–Crippen LogP) is 2.21. The molecule has 1 rings (SSSR count). The third-order valence-electron chi connectivity index (χ3n) is 3.35. The normalized spacial score (nSPS) is 25.9. The van der Waals surface area contributed by atoms with Crippen molar-refractivity contribution < 1.29 is 9.47 Å². The van der Waals surface area contributed by atoms with E-state index in [1.807, 2.05) is 0 Å². The lowest BCUT2D eigenvalue weighted by atomic mass is 9.88. The maximum atomic E-state index is 5.91. The van der Waals surface area contributed by atoms with Gasteiger partial charge in [0.05, 0.1) is 12.7 Å². The lowest BCUT2D eigenvalue weighted by molar-refractivity contribution is -0.00319. The predicted molar refractivity (Wildman–Crippen MR) is 66.7 cm³/mol. The van der Waals surface area contributed by atoms with Gasteiger partial charge in [-0.3, -0.25) is 0 Å². The molecule has 1 saturated carbocycles. The van der Waals surface area contributed by atoms with Gasteiger partial charge in [-0.15, -0.1) is 0 Å². The van der Waals surface area contributed by atoms with Crippen molar-refractivity contribution in [2.24, 2.45) is 5.92 Å². The van der Waals surface area contributed by atoms with Crippen LogP contribution in [0.2, 0.25) is 0 Å². The molecule has 0 aromatic carbocycles. The van der Waals surface area contributed by atoms with Gasteiger partial charge in [0.1, 0.15) is 0 Å². The van der Waals surface area contributed by atoms with Gasteiger partial charge in [-0.2, -0.15) is 0 Å². The van der Waals surface area contributed by atoms with Gasteiger partial charge in [-0.1, -0.05) is 19.8 Å². The standard InChI is InChI=1S/C13H27NO2/c1-12-6-3-4-7-13(12)16-11-9-14-8-5-10-15-2/h12-14H,3-11H2,1-2H3. The molecule has 16 heavy (non-hydrogen) atoms. The fourth-order valence-corrected chi connectivity index (χ4v) is 2.28. The summed E-state index contributed by atoms with van der Waals surface area (Å²) in [5, 5.41) is 3.37. The number of rotatable bonds is 8. The van der Waals surface area contributed by atoms with E-state index in [-0.39, 0.29) is 0 Å². The third-order valence-corrected chi connectivity index (χ3v) is 3.35. The van der Waals surface area contributed by atoms with Crippen LogP contribution in [-0.2, 0) is 9.47 Å². The van der Waals surface area contributed by atoms with E-state index < -0.39 is 0 Å². The average molecular weight is 229 g/mol. The Morgan fingerprint density at radius 1 is 1.12 bits per heavy atom. The number of nitrogens with one attached hydrogen (secondary N) is 1. The Kier molecular flexibility index (Phi) is 7.81. The Morgan fingerprint density at radius 2 is 1.94 bits per heavy atom. The minimum atomic E-state index is 0.509. The Morgan fingerprint density at radius 3 is 2.69 bits per heavy atom. The van der Waals surface area contributed by atoms with Crippen LogP contribution in [0.5, 0.6) is 0 Å². The van der Waals surface area contributed by atoms with E-state index in [4.69, 9.17) is 9.47 Å². The van der Waals surface area contributed by atoms with Gasteiger partial charge in [0.15, 0.2) is 0 Å². The Hall–Kier alpha value is -0.120. The summed E-state index contributed by atoms with van der Waals surface area (Å²) in [5.41, 5.74) is 0. The molecule has 2 unspecified atom stereocenters. The summed E-state index contributed by atoms with van der Waals surface area (Å²) in [7, 11) is 1.74. The van der Waals surface area contributed by atoms with E-state index in [9.17, 15) is 0 Å². The van der Waals surface area contributed by atoms with E-state index in [0.29, 0.717) is 6.10 Å². The lowest BCUT2D eigenvalue weighted by Gasteiger charge is -2.28. The highest BCUT2D eigenvalue weighted by Crippen LogP contribution is 2.25. The van der Waals surface area contributed by atoms with Gasteiger partial charge in [0.25, 0.3) is 0 Å². The molecule has 0 aromatic heterocycles. The zero-order valence-electron chi connectivity index (χ0n) is 10.8. The van der Waals surface area contributed by atoms with Gasteiger partial charge in [-0.25, -0.2) is 0 Å². The van der Waals surface area contributed by atoms with Crippen LogP contribution in [0.1, 0.15) is 39.0 Å². The largest absolute Gasteiger partial charge is 0.385 e. The fourth-order valence-electron chi connectivity index (χ4n) is 2.28. The molecule has 0 saturated heterocycles. The maximum absolute atomic E-state index is 5.91. The van der Waals surface area contributed by atoms with Gasteiger partial charge < -0.3 is 14.8 Å². The fraction of sp³-hybridized carbons (Fsp3) is 1.00. The van der Waals surface area contributed by atoms with Crippen LogP contribution in [0.25, 0.3) is 0 Å². The molecule has 1 aliphatic carbocycles. The summed E-state index contributed by atoms with van der Waals surface area (Å²) in [4.78, 5) is 0. The molecular formula is C13H27NO2. The number of hydrogen-bond donors (Lipinski definition) is 1. The first-order valence-corrected chi connectivity index (χ1v) is 6.66. The number of ether oxygens (including phenoxy) is 2. The first-order valence-electron chi connectivity index (χ1n) is 6.66. The minimum Gasteiger partial charge on any atom is -0.385 e. The molecule has 0 bridgehead atoms. The second-order valence-corrected chi connectivity index (χ2v) is 4.77. The van der Waals surface area contributed by atoms with Crippen molar-refractivity contribution in [3.8, 4) is 0 Å². The number of methoxy groups -OCH3 is 1. The van der Waals surface area contributed by atoms with Crippen molar-refractivity contribution in [3.05, 3.63) is 0 Å². The molecule has 2 atom stereocenters. The Balaban J connectivity index is 1.90. The molecule has 0 radical (unpaired) electrons. The van der Waals surface area contributed by atoms with E-state index in [2.05, 4.69) is 12.2 Å². The topological polar surface area (TPSA) is 30.5 Å². The van der Waals surface area contributed by atoms with Gasteiger partial charge in [0, 0.05) is 20.3 Å². The van der Waals surface area contributed by atoms with Crippen LogP contribution < -0.4 is 5.32 Å². The van der Waals surface area contributed by atoms with Crippen molar-refractivity contribution in [1.82, 2.24) is 5.32 Å². The minimum absolute atomic E-state index is 0.509. The zero-order valence-corrected chi connectivity index (χ0v) is 10.8. The Labute approximate surface area is 99.9 Å². The summed E-state index contributed by atoms with van der Waals surface area (Å²) >= 11 is 0. The first-order chi connectivity index (χ1) is 7.84. The molecule has 0 aromatic rings. The van der Waals surface area contributed by atoms with Gasteiger partial charge in [0.2, 0.25) is 0 Å². The molecular weight excluding hydrogens is 202 g/mol. The SMILES string of the molecule is COCCCNCCOC1CCCCC1C. The zero-order chi connectivity index (χ0) is 11.6. The van der Waals surface area contributed by atoms with Crippen molar-refractivity contribution in [1.29, 1.82) is 0 Å². The van der Waals surface area contributed by atoms with Crippen LogP contribution in [0, 0.1) is 5.92 Å². The van der Waals surface area contributed by atoms with Crippen LogP contribution >= 0.6 is 0 Å². The third kappa shape index (κ3) is 5.83.